The van der Waals surface area contributed by atoms with Gasteiger partial charge in [-0.05, 0) is 24.1 Å². The molecule has 1 aromatic rings. The van der Waals surface area contributed by atoms with E-state index in [9.17, 15) is 9.59 Å². The lowest BCUT2D eigenvalue weighted by Crippen LogP contribution is -2.40. The molecule has 1 rings (SSSR count). The molecule has 5 nitrogen and oxygen atoms in total. The predicted molar refractivity (Wildman–Crippen MR) is 77.2 cm³/mol. The van der Waals surface area contributed by atoms with Crippen LogP contribution in [0.5, 0.6) is 0 Å². The first-order chi connectivity index (χ1) is 9.56. The molecular formula is C14H17ClN2O3. The molecule has 0 aliphatic carbocycles. The minimum absolute atomic E-state index is 0.245. The van der Waals surface area contributed by atoms with Gasteiger partial charge in [-0.15, -0.1) is 0 Å². The number of nitrogens with one attached hydrogen (secondary N) is 2. The highest BCUT2D eigenvalue weighted by molar-refractivity contribution is 6.35. The maximum Gasteiger partial charge on any atom is 0.309 e. The molecule has 20 heavy (non-hydrogen) atoms. The summed E-state index contributed by atoms with van der Waals surface area (Å²) in [4.78, 5) is 23.0. The fraction of sp³-hybridized carbons (Fsp3) is 0.286. The molecule has 0 bridgehead atoms. The normalized spacial score (nSPS) is 9.70. The molecule has 0 heterocycles. The predicted octanol–water partition coefficient (Wildman–Crippen LogP) is 1.54. The van der Waals surface area contributed by atoms with Crippen LogP contribution in [0.2, 0.25) is 5.02 Å². The van der Waals surface area contributed by atoms with Crippen LogP contribution < -0.4 is 10.6 Å². The van der Waals surface area contributed by atoms with Gasteiger partial charge in [0.05, 0.1) is 12.8 Å². The molecule has 0 radical (unpaired) electrons. The fourth-order valence-corrected chi connectivity index (χ4v) is 1.68. The van der Waals surface area contributed by atoms with Gasteiger partial charge in [0.15, 0.2) is 0 Å². The van der Waals surface area contributed by atoms with E-state index in [0.29, 0.717) is 5.02 Å². The lowest BCUT2D eigenvalue weighted by molar-refractivity contribution is -0.139. The topological polar surface area (TPSA) is 67.4 Å². The van der Waals surface area contributed by atoms with Crippen molar-refractivity contribution in [3.8, 4) is 0 Å². The quantitative estimate of drug-likeness (QED) is 0.475. The van der Waals surface area contributed by atoms with Crippen molar-refractivity contribution < 1.29 is 14.3 Å². The minimum atomic E-state index is -0.697. The fourth-order valence-electron chi connectivity index (χ4n) is 1.49. The van der Waals surface area contributed by atoms with E-state index in [1.54, 1.807) is 12.1 Å². The zero-order chi connectivity index (χ0) is 15.0. The summed E-state index contributed by atoms with van der Waals surface area (Å²) in [5, 5.41) is 5.59. The van der Waals surface area contributed by atoms with Gasteiger partial charge in [0, 0.05) is 11.6 Å². The number of rotatable bonds is 6. The lowest BCUT2D eigenvalue weighted by atomic mass is 10.1. The number of benzene rings is 1. The molecule has 1 aromatic carbocycles. The Bertz CT molecular complexity index is 503. The third kappa shape index (κ3) is 4.93. The molecular weight excluding hydrogens is 280 g/mol. The van der Waals surface area contributed by atoms with E-state index in [1.807, 2.05) is 13.0 Å². The summed E-state index contributed by atoms with van der Waals surface area (Å²) in [7, 11) is 0. The molecule has 0 saturated carbocycles. The van der Waals surface area contributed by atoms with Crippen LogP contribution in [0.3, 0.4) is 0 Å². The van der Waals surface area contributed by atoms with Gasteiger partial charge in [0.1, 0.15) is 6.61 Å². The number of hydrogen-bond donors (Lipinski definition) is 2. The van der Waals surface area contributed by atoms with E-state index in [-0.39, 0.29) is 19.7 Å². The molecule has 2 amide bonds. The Balaban J connectivity index is 2.40. The van der Waals surface area contributed by atoms with Crippen molar-refractivity contribution in [2.75, 3.05) is 13.2 Å². The van der Waals surface area contributed by atoms with E-state index >= 15 is 0 Å². The molecule has 6 heteroatoms. The van der Waals surface area contributed by atoms with E-state index in [2.05, 4.69) is 17.2 Å². The van der Waals surface area contributed by atoms with Gasteiger partial charge in [-0.1, -0.05) is 30.3 Å². The summed E-state index contributed by atoms with van der Waals surface area (Å²) in [6.45, 7) is 5.99. The first-order valence-corrected chi connectivity index (χ1v) is 6.46. The average molecular weight is 297 g/mol. The van der Waals surface area contributed by atoms with Crippen molar-refractivity contribution in [3.05, 3.63) is 47.2 Å². The van der Waals surface area contributed by atoms with E-state index in [4.69, 9.17) is 16.3 Å². The second-order valence-electron chi connectivity index (χ2n) is 4.00. The molecule has 0 aromatic heterocycles. The molecule has 0 spiro atoms. The van der Waals surface area contributed by atoms with Crippen LogP contribution in [0.1, 0.15) is 11.1 Å². The van der Waals surface area contributed by atoms with Crippen molar-refractivity contribution >= 4 is 23.4 Å². The molecule has 0 unspecified atom stereocenters. The number of halogens is 1. The van der Waals surface area contributed by atoms with Crippen LogP contribution in [-0.4, -0.2) is 25.0 Å². The van der Waals surface area contributed by atoms with E-state index < -0.39 is 11.8 Å². The van der Waals surface area contributed by atoms with Crippen molar-refractivity contribution in [2.24, 2.45) is 0 Å². The van der Waals surface area contributed by atoms with Gasteiger partial charge in [0.2, 0.25) is 0 Å². The zero-order valence-electron chi connectivity index (χ0n) is 11.2. The summed E-state index contributed by atoms with van der Waals surface area (Å²) >= 11 is 5.98. The molecule has 0 fully saturated rings. The third-order valence-electron chi connectivity index (χ3n) is 2.65. The van der Waals surface area contributed by atoms with Gasteiger partial charge in [-0.2, -0.15) is 0 Å². The van der Waals surface area contributed by atoms with Gasteiger partial charge in [0.25, 0.3) is 0 Å². The summed E-state index contributed by atoms with van der Waals surface area (Å²) in [5.41, 5.74) is 1.75. The summed E-state index contributed by atoms with van der Waals surface area (Å²) < 4.78 is 4.82. The Morgan fingerprint density at radius 2 is 2.05 bits per heavy atom. The van der Waals surface area contributed by atoms with Gasteiger partial charge in [-0.3, -0.25) is 9.59 Å². The number of hydrogen-bond acceptors (Lipinski definition) is 3. The van der Waals surface area contributed by atoms with Crippen LogP contribution in [0.4, 0.5) is 0 Å². The Labute approximate surface area is 123 Å². The molecule has 0 aliphatic heterocycles. The highest BCUT2D eigenvalue weighted by Crippen LogP contribution is 2.18. The van der Waals surface area contributed by atoms with Crippen LogP contribution >= 0.6 is 11.6 Å². The van der Waals surface area contributed by atoms with E-state index in [0.717, 1.165) is 11.1 Å². The van der Waals surface area contributed by atoms with Crippen LogP contribution in [0, 0.1) is 6.92 Å². The van der Waals surface area contributed by atoms with Crippen molar-refractivity contribution in [1.82, 2.24) is 10.6 Å². The largest absolute Gasteiger partial charge is 0.500 e. The highest BCUT2D eigenvalue weighted by Gasteiger charge is 2.12. The minimum Gasteiger partial charge on any atom is -0.500 e. The SMILES string of the molecule is C=COCCNC(=O)C(=O)NCc1cccc(Cl)c1C. The number of amides is 2. The van der Waals surface area contributed by atoms with Gasteiger partial charge in [-0.25, -0.2) is 0 Å². The van der Waals surface area contributed by atoms with Gasteiger partial charge < -0.3 is 15.4 Å². The Kier molecular flexibility index (Phi) is 6.59. The van der Waals surface area contributed by atoms with E-state index in [1.165, 1.54) is 6.26 Å². The average Bonchev–Trinajstić information content (AvgIpc) is 2.44. The number of ether oxygens (including phenoxy) is 1. The van der Waals surface area contributed by atoms with Crippen LogP contribution in [0.15, 0.2) is 31.0 Å². The maximum atomic E-state index is 11.6. The molecule has 0 atom stereocenters. The standard InChI is InChI=1S/C14H17ClN2O3/c1-3-20-8-7-16-13(18)14(19)17-9-11-5-4-6-12(15)10(11)2/h3-6H,1,7-9H2,2H3,(H,16,18)(H,17,19). The third-order valence-corrected chi connectivity index (χ3v) is 3.06. The molecule has 108 valence electrons. The second-order valence-corrected chi connectivity index (χ2v) is 4.41. The lowest BCUT2D eigenvalue weighted by Gasteiger charge is -2.09. The van der Waals surface area contributed by atoms with Crippen molar-refractivity contribution in [3.63, 3.8) is 0 Å². The first-order valence-electron chi connectivity index (χ1n) is 6.08. The highest BCUT2D eigenvalue weighted by atomic mass is 35.5. The molecule has 0 aliphatic rings. The number of carbonyl (C=O) groups excluding carboxylic acids is 2. The Morgan fingerprint density at radius 3 is 2.75 bits per heavy atom. The number of carbonyl (C=O) groups is 2. The monoisotopic (exact) mass is 296 g/mol. The van der Waals surface area contributed by atoms with Crippen molar-refractivity contribution in [1.29, 1.82) is 0 Å². The molecule has 2 N–H and O–H groups in total. The van der Waals surface area contributed by atoms with Crippen molar-refractivity contribution in [2.45, 2.75) is 13.5 Å². The Hall–Kier alpha value is -2.01. The van der Waals surface area contributed by atoms with Gasteiger partial charge >= 0.3 is 11.8 Å². The first kappa shape index (κ1) is 16.0. The van der Waals surface area contributed by atoms with Crippen LogP contribution in [0.25, 0.3) is 0 Å². The summed E-state index contributed by atoms with van der Waals surface area (Å²) in [6.07, 6.45) is 1.27. The maximum absolute atomic E-state index is 11.6. The molecule has 0 saturated heterocycles. The summed E-state index contributed by atoms with van der Waals surface area (Å²) in [6, 6.07) is 5.41. The Morgan fingerprint density at radius 1 is 1.35 bits per heavy atom. The van der Waals surface area contributed by atoms with Crippen LogP contribution in [-0.2, 0) is 20.9 Å². The zero-order valence-corrected chi connectivity index (χ0v) is 12.0. The smallest absolute Gasteiger partial charge is 0.309 e. The second kappa shape index (κ2) is 8.22. The summed E-state index contributed by atoms with van der Waals surface area (Å²) in [5.74, 6) is -1.39.